The van der Waals surface area contributed by atoms with Crippen LogP contribution in [-0.4, -0.2) is 36.0 Å². The number of rotatable bonds is 3. The molecule has 0 aromatic carbocycles. The highest BCUT2D eigenvalue weighted by atomic mass is 16.6. The molecular weight excluding hydrogens is 172 g/mol. The lowest BCUT2D eigenvalue weighted by Crippen LogP contribution is -2.42. The zero-order valence-corrected chi connectivity index (χ0v) is 8.33. The third-order valence-corrected chi connectivity index (χ3v) is 1.16. The SMILES string of the molecule is CC(C)(C)NC(=O)OC[C@H](O)CN. The third kappa shape index (κ3) is 7.55. The lowest BCUT2D eigenvalue weighted by atomic mass is 10.1. The van der Waals surface area contributed by atoms with Gasteiger partial charge in [-0.25, -0.2) is 4.79 Å². The largest absolute Gasteiger partial charge is 0.447 e. The van der Waals surface area contributed by atoms with Crippen molar-refractivity contribution in [2.45, 2.75) is 32.4 Å². The maximum absolute atomic E-state index is 11.0. The molecule has 0 saturated heterocycles. The molecule has 0 heterocycles. The summed E-state index contributed by atoms with van der Waals surface area (Å²) in [5.41, 5.74) is 4.80. The average molecular weight is 190 g/mol. The molecule has 78 valence electrons. The minimum absolute atomic E-state index is 0.0710. The first-order valence-corrected chi connectivity index (χ1v) is 4.18. The van der Waals surface area contributed by atoms with Gasteiger partial charge >= 0.3 is 6.09 Å². The van der Waals surface area contributed by atoms with Crippen molar-refractivity contribution in [1.29, 1.82) is 0 Å². The molecule has 5 nitrogen and oxygen atoms in total. The molecule has 0 spiro atoms. The van der Waals surface area contributed by atoms with Crippen LogP contribution in [0.15, 0.2) is 0 Å². The molecule has 0 fully saturated rings. The predicted molar refractivity (Wildman–Crippen MR) is 49.3 cm³/mol. The number of alkyl carbamates (subject to hydrolysis) is 1. The van der Waals surface area contributed by atoms with Gasteiger partial charge in [-0.1, -0.05) is 0 Å². The van der Waals surface area contributed by atoms with E-state index in [1.54, 1.807) is 0 Å². The third-order valence-electron chi connectivity index (χ3n) is 1.16. The van der Waals surface area contributed by atoms with Crippen molar-refractivity contribution in [3.8, 4) is 0 Å². The molecule has 0 bridgehead atoms. The minimum Gasteiger partial charge on any atom is -0.447 e. The highest BCUT2D eigenvalue weighted by Gasteiger charge is 2.15. The smallest absolute Gasteiger partial charge is 0.407 e. The molecule has 1 atom stereocenters. The van der Waals surface area contributed by atoms with Crippen LogP contribution in [0.5, 0.6) is 0 Å². The topological polar surface area (TPSA) is 84.6 Å². The fraction of sp³-hybridized carbons (Fsp3) is 0.875. The van der Waals surface area contributed by atoms with Crippen molar-refractivity contribution in [3.63, 3.8) is 0 Å². The number of nitrogens with two attached hydrogens (primary N) is 1. The van der Waals surface area contributed by atoms with Gasteiger partial charge in [0, 0.05) is 12.1 Å². The van der Waals surface area contributed by atoms with Crippen molar-refractivity contribution in [2.24, 2.45) is 5.73 Å². The van der Waals surface area contributed by atoms with Gasteiger partial charge in [-0.05, 0) is 20.8 Å². The molecule has 1 amide bonds. The van der Waals surface area contributed by atoms with E-state index in [4.69, 9.17) is 15.6 Å². The second kappa shape index (κ2) is 5.04. The number of hydrogen-bond acceptors (Lipinski definition) is 4. The molecule has 0 rings (SSSR count). The summed E-state index contributed by atoms with van der Waals surface area (Å²) in [4.78, 5) is 11.0. The van der Waals surface area contributed by atoms with Crippen molar-refractivity contribution >= 4 is 6.09 Å². The number of nitrogens with one attached hydrogen (secondary N) is 1. The quantitative estimate of drug-likeness (QED) is 0.577. The van der Waals surface area contributed by atoms with Crippen LogP contribution < -0.4 is 11.1 Å². The van der Waals surface area contributed by atoms with Crippen molar-refractivity contribution in [1.82, 2.24) is 5.32 Å². The Hall–Kier alpha value is -0.810. The van der Waals surface area contributed by atoms with E-state index >= 15 is 0 Å². The van der Waals surface area contributed by atoms with Crippen molar-refractivity contribution < 1.29 is 14.6 Å². The van der Waals surface area contributed by atoms with E-state index in [0.717, 1.165) is 0 Å². The van der Waals surface area contributed by atoms with Gasteiger partial charge in [0.2, 0.25) is 0 Å². The first-order chi connectivity index (χ1) is 5.85. The van der Waals surface area contributed by atoms with Crippen LogP contribution in [0.25, 0.3) is 0 Å². The number of aliphatic hydroxyl groups excluding tert-OH is 1. The summed E-state index contributed by atoms with van der Waals surface area (Å²) in [6, 6.07) is 0. The van der Waals surface area contributed by atoms with E-state index in [1.165, 1.54) is 0 Å². The van der Waals surface area contributed by atoms with Crippen LogP contribution in [0, 0.1) is 0 Å². The zero-order valence-electron chi connectivity index (χ0n) is 8.33. The molecule has 0 aliphatic rings. The summed E-state index contributed by atoms with van der Waals surface area (Å²) in [6.45, 7) is 5.54. The van der Waals surface area contributed by atoms with Gasteiger partial charge < -0.3 is 20.9 Å². The van der Waals surface area contributed by atoms with E-state index < -0.39 is 12.2 Å². The summed E-state index contributed by atoms with van der Waals surface area (Å²) in [7, 11) is 0. The van der Waals surface area contributed by atoms with Gasteiger partial charge in [0.25, 0.3) is 0 Å². The number of carbonyl (C=O) groups is 1. The first-order valence-electron chi connectivity index (χ1n) is 4.18. The number of carbonyl (C=O) groups excluding carboxylic acids is 1. The normalized spacial score (nSPS) is 13.6. The monoisotopic (exact) mass is 190 g/mol. The number of aliphatic hydroxyl groups is 1. The summed E-state index contributed by atoms with van der Waals surface area (Å²) in [5, 5.41) is 11.6. The van der Waals surface area contributed by atoms with Gasteiger partial charge in [0.15, 0.2) is 0 Å². The molecule has 0 unspecified atom stereocenters. The molecule has 13 heavy (non-hydrogen) atoms. The van der Waals surface area contributed by atoms with E-state index in [2.05, 4.69) is 5.32 Å². The van der Waals surface area contributed by atoms with Crippen LogP contribution >= 0.6 is 0 Å². The van der Waals surface area contributed by atoms with E-state index in [1.807, 2.05) is 20.8 Å². The maximum Gasteiger partial charge on any atom is 0.407 e. The second-order valence-electron chi connectivity index (χ2n) is 3.86. The van der Waals surface area contributed by atoms with Gasteiger partial charge in [-0.2, -0.15) is 0 Å². The van der Waals surface area contributed by atoms with Gasteiger partial charge in [-0.3, -0.25) is 0 Å². The zero-order chi connectivity index (χ0) is 10.5. The Balaban J connectivity index is 3.64. The van der Waals surface area contributed by atoms with E-state index in [9.17, 15) is 4.79 Å². The molecule has 5 heteroatoms. The Kier molecular flexibility index (Phi) is 4.72. The Morgan fingerprint density at radius 3 is 2.54 bits per heavy atom. The van der Waals surface area contributed by atoms with Crippen molar-refractivity contribution in [2.75, 3.05) is 13.2 Å². The lowest BCUT2D eigenvalue weighted by molar-refractivity contribution is 0.0693. The summed E-state index contributed by atoms with van der Waals surface area (Å²) < 4.78 is 4.69. The van der Waals surface area contributed by atoms with E-state index in [-0.39, 0.29) is 18.7 Å². The number of amides is 1. The Bertz CT molecular complexity index is 165. The van der Waals surface area contributed by atoms with Crippen molar-refractivity contribution in [3.05, 3.63) is 0 Å². The maximum atomic E-state index is 11.0. The molecule has 0 aliphatic heterocycles. The van der Waals surface area contributed by atoms with E-state index in [0.29, 0.717) is 0 Å². The van der Waals surface area contributed by atoms with Crippen LogP contribution in [0.2, 0.25) is 0 Å². The molecule has 0 radical (unpaired) electrons. The average Bonchev–Trinajstić information content (AvgIpc) is 1.97. The van der Waals surface area contributed by atoms with Crippen LogP contribution in [0.4, 0.5) is 4.79 Å². The summed E-state index contributed by atoms with van der Waals surface area (Å²) in [5.74, 6) is 0. The molecule has 0 saturated carbocycles. The predicted octanol–water partition coefficient (Wildman–Crippen LogP) is -0.169. The fourth-order valence-electron chi connectivity index (χ4n) is 0.582. The standard InChI is InChI=1S/C8H18N2O3/c1-8(2,3)10-7(12)13-5-6(11)4-9/h6,11H,4-5,9H2,1-3H3,(H,10,12)/t6-/m1/s1. The Labute approximate surface area is 78.3 Å². The Morgan fingerprint density at radius 2 is 2.15 bits per heavy atom. The van der Waals surface area contributed by atoms with Gasteiger partial charge in [0.05, 0.1) is 0 Å². The molecule has 0 aromatic heterocycles. The van der Waals surface area contributed by atoms with Crippen LogP contribution in [0.3, 0.4) is 0 Å². The van der Waals surface area contributed by atoms with Gasteiger partial charge in [0.1, 0.15) is 12.7 Å². The minimum atomic E-state index is -0.786. The number of ether oxygens (including phenoxy) is 1. The molecular formula is C8H18N2O3. The highest BCUT2D eigenvalue weighted by molar-refractivity contribution is 5.68. The highest BCUT2D eigenvalue weighted by Crippen LogP contribution is 1.98. The second-order valence-corrected chi connectivity index (χ2v) is 3.86. The molecule has 0 aromatic rings. The molecule has 4 N–H and O–H groups in total. The fourth-order valence-corrected chi connectivity index (χ4v) is 0.582. The number of hydrogen-bond donors (Lipinski definition) is 3. The summed E-state index contributed by atoms with van der Waals surface area (Å²) in [6.07, 6.45) is -1.33. The van der Waals surface area contributed by atoms with Crippen LogP contribution in [-0.2, 0) is 4.74 Å². The van der Waals surface area contributed by atoms with Gasteiger partial charge in [-0.15, -0.1) is 0 Å². The Morgan fingerprint density at radius 1 is 1.62 bits per heavy atom. The lowest BCUT2D eigenvalue weighted by Gasteiger charge is -2.20. The summed E-state index contributed by atoms with van der Waals surface area (Å²) >= 11 is 0. The first kappa shape index (κ1) is 12.2. The molecule has 0 aliphatic carbocycles. The van der Waals surface area contributed by atoms with Crippen LogP contribution in [0.1, 0.15) is 20.8 Å².